The summed E-state index contributed by atoms with van der Waals surface area (Å²) in [6, 6.07) is 5.60. The van der Waals surface area contributed by atoms with Gasteiger partial charge in [-0.2, -0.15) is 0 Å². The summed E-state index contributed by atoms with van der Waals surface area (Å²) in [6.07, 6.45) is 1.27. The van der Waals surface area contributed by atoms with Crippen LogP contribution in [-0.4, -0.2) is 30.7 Å². The number of ketones is 1. The maximum Gasteiger partial charge on any atom is 0.498 e. The molecule has 0 saturated carbocycles. The van der Waals surface area contributed by atoms with Crippen molar-refractivity contribution in [2.45, 2.75) is 51.7 Å². The molecule has 2 aliphatic heterocycles. The molecule has 0 spiro atoms. The summed E-state index contributed by atoms with van der Waals surface area (Å²) in [5.74, 6) is 0.749. The lowest BCUT2D eigenvalue weighted by atomic mass is 9.77. The zero-order valence-electron chi connectivity index (χ0n) is 13.1. The van der Waals surface area contributed by atoms with E-state index in [1.54, 1.807) is 0 Å². The fourth-order valence-corrected chi connectivity index (χ4v) is 2.63. The summed E-state index contributed by atoms with van der Waals surface area (Å²) in [4.78, 5) is 12.2. The van der Waals surface area contributed by atoms with Crippen LogP contribution in [0.15, 0.2) is 18.2 Å². The van der Waals surface area contributed by atoms with Gasteiger partial charge in [0, 0.05) is 11.9 Å². The molecule has 2 aliphatic rings. The first-order chi connectivity index (χ1) is 9.82. The predicted octanol–water partition coefficient (Wildman–Crippen LogP) is 2.34. The van der Waals surface area contributed by atoms with E-state index in [1.165, 1.54) is 0 Å². The second-order valence-corrected chi connectivity index (χ2v) is 6.69. The number of carbonyl (C=O) groups is 1. The summed E-state index contributed by atoms with van der Waals surface area (Å²) in [7, 11) is -0.504. The lowest BCUT2D eigenvalue weighted by Gasteiger charge is -2.32. The van der Waals surface area contributed by atoms with Gasteiger partial charge in [0.1, 0.15) is 5.75 Å². The van der Waals surface area contributed by atoms with Crippen LogP contribution in [0.25, 0.3) is 0 Å². The molecule has 0 atom stereocenters. The van der Waals surface area contributed by atoms with E-state index in [4.69, 9.17) is 14.0 Å². The van der Waals surface area contributed by atoms with Crippen LogP contribution in [0.3, 0.4) is 0 Å². The number of para-hydroxylation sites is 1. The van der Waals surface area contributed by atoms with E-state index in [9.17, 15) is 4.79 Å². The van der Waals surface area contributed by atoms with Crippen LogP contribution in [0, 0.1) is 0 Å². The van der Waals surface area contributed by atoms with Gasteiger partial charge in [0.2, 0.25) is 0 Å². The summed E-state index contributed by atoms with van der Waals surface area (Å²) in [6.45, 7) is 8.61. The van der Waals surface area contributed by atoms with Gasteiger partial charge in [0.15, 0.2) is 5.78 Å². The van der Waals surface area contributed by atoms with Crippen molar-refractivity contribution in [1.29, 1.82) is 0 Å². The Morgan fingerprint density at radius 3 is 2.43 bits per heavy atom. The lowest BCUT2D eigenvalue weighted by molar-refractivity contribution is 0.00578. The topological polar surface area (TPSA) is 44.8 Å². The molecule has 3 rings (SSSR count). The number of fused-ring (bicyclic) bond motifs is 1. The van der Waals surface area contributed by atoms with Gasteiger partial charge >= 0.3 is 7.12 Å². The van der Waals surface area contributed by atoms with E-state index in [0.29, 0.717) is 24.3 Å². The van der Waals surface area contributed by atoms with E-state index in [1.807, 2.05) is 45.9 Å². The summed E-state index contributed by atoms with van der Waals surface area (Å²) < 4.78 is 18.0. The SMILES string of the molecule is CC1(C)OB(c2cccc3c2OCCCC3=O)OC1(C)C. The minimum Gasteiger partial charge on any atom is -0.493 e. The number of Topliss-reactive ketones (excluding diaryl/α,β-unsaturated/α-hetero) is 1. The molecule has 0 bridgehead atoms. The number of benzene rings is 1. The van der Waals surface area contributed by atoms with Crippen LogP contribution in [0.5, 0.6) is 5.75 Å². The van der Waals surface area contributed by atoms with E-state index < -0.39 is 18.3 Å². The maximum absolute atomic E-state index is 12.2. The van der Waals surface area contributed by atoms with Gasteiger partial charge in [-0.05, 0) is 40.2 Å². The molecule has 0 aromatic heterocycles. The van der Waals surface area contributed by atoms with Crippen molar-refractivity contribution >= 4 is 18.4 Å². The van der Waals surface area contributed by atoms with Gasteiger partial charge < -0.3 is 14.0 Å². The Kier molecular flexibility index (Phi) is 3.37. The molecule has 0 aliphatic carbocycles. The first-order valence-corrected chi connectivity index (χ1v) is 7.46. The summed E-state index contributed by atoms with van der Waals surface area (Å²) in [5.41, 5.74) is 0.630. The molecular weight excluding hydrogens is 267 g/mol. The van der Waals surface area contributed by atoms with E-state index in [0.717, 1.165) is 11.9 Å². The Balaban J connectivity index is 2.01. The van der Waals surface area contributed by atoms with Crippen LogP contribution in [0.1, 0.15) is 50.9 Å². The second kappa shape index (κ2) is 4.85. The van der Waals surface area contributed by atoms with Crippen LogP contribution in [0.2, 0.25) is 0 Å². The zero-order valence-corrected chi connectivity index (χ0v) is 13.1. The molecule has 4 nitrogen and oxygen atoms in total. The molecule has 2 heterocycles. The Morgan fingerprint density at radius 2 is 1.76 bits per heavy atom. The van der Waals surface area contributed by atoms with Crippen LogP contribution in [-0.2, 0) is 9.31 Å². The highest BCUT2D eigenvalue weighted by atomic mass is 16.7. The molecule has 0 N–H and O–H groups in total. The summed E-state index contributed by atoms with van der Waals surface area (Å²) in [5, 5.41) is 0. The highest BCUT2D eigenvalue weighted by Gasteiger charge is 2.52. The standard InChI is InChI=1S/C16H21BO4/c1-15(2)16(3,4)21-17(20-15)12-8-5-7-11-13(18)9-6-10-19-14(11)12/h5,7-8H,6,9-10H2,1-4H3. The van der Waals surface area contributed by atoms with Crippen LogP contribution >= 0.6 is 0 Å². The van der Waals surface area contributed by atoms with Crippen molar-refractivity contribution in [3.8, 4) is 5.75 Å². The Labute approximate surface area is 125 Å². The normalized spacial score (nSPS) is 23.4. The third kappa shape index (κ3) is 2.38. The first kappa shape index (κ1) is 14.6. The van der Waals surface area contributed by atoms with E-state index in [-0.39, 0.29) is 5.78 Å². The fourth-order valence-electron chi connectivity index (χ4n) is 2.63. The minimum atomic E-state index is -0.504. The largest absolute Gasteiger partial charge is 0.498 e. The Hall–Kier alpha value is -1.33. The number of rotatable bonds is 1. The molecule has 0 radical (unpaired) electrons. The Bertz CT molecular complexity index is 564. The van der Waals surface area contributed by atoms with Gasteiger partial charge in [-0.1, -0.05) is 12.1 Å². The smallest absolute Gasteiger partial charge is 0.493 e. The lowest BCUT2D eigenvalue weighted by Crippen LogP contribution is -2.41. The molecule has 0 unspecified atom stereocenters. The molecule has 1 aromatic rings. The number of carbonyl (C=O) groups excluding carboxylic acids is 1. The Morgan fingerprint density at radius 1 is 1.10 bits per heavy atom. The monoisotopic (exact) mass is 288 g/mol. The number of hydrogen-bond acceptors (Lipinski definition) is 4. The van der Waals surface area contributed by atoms with E-state index in [2.05, 4.69) is 0 Å². The average molecular weight is 288 g/mol. The van der Waals surface area contributed by atoms with E-state index >= 15 is 0 Å². The molecule has 1 aromatic carbocycles. The average Bonchev–Trinajstić information content (AvgIpc) is 2.54. The minimum absolute atomic E-state index is 0.126. The highest BCUT2D eigenvalue weighted by Crippen LogP contribution is 2.37. The molecule has 21 heavy (non-hydrogen) atoms. The molecule has 1 fully saturated rings. The first-order valence-electron chi connectivity index (χ1n) is 7.46. The van der Waals surface area contributed by atoms with Crippen LogP contribution < -0.4 is 10.2 Å². The van der Waals surface area contributed by atoms with Crippen molar-refractivity contribution in [2.24, 2.45) is 0 Å². The zero-order chi connectivity index (χ0) is 15.3. The van der Waals surface area contributed by atoms with Crippen molar-refractivity contribution in [1.82, 2.24) is 0 Å². The van der Waals surface area contributed by atoms with Crippen molar-refractivity contribution in [3.05, 3.63) is 23.8 Å². The predicted molar refractivity (Wildman–Crippen MR) is 81.2 cm³/mol. The third-order valence-electron chi connectivity index (χ3n) is 4.65. The van der Waals surface area contributed by atoms with Gasteiger partial charge in [0.05, 0.1) is 23.4 Å². The second-order valence-electron chi connectivity index (χ2n) is 6.69. The molecule has 5 heteroatoms. The maximum atomic E-state index is 12.2. The van der Waals surface area contributed by atoms with Crippen molar-refractivity contribution < 1.29 is 18.8 Å². The van der Waals surface area contributed by atoms with Gasteiger partial charge in [-0.3, -0.25) is 4.79 Å². The number of ether oxygens (including phenoxy) is 1. The number of hydrogen-bond donors (Lipinski definition) is 0. The quantitative estimate of drug-likeness (QED) is 0.744. The molecule has 1 saturated heterocycles. The summed E-state index contributed by atoms with van der Waals surface area (Å²) >= 11 is 0. The fraction of sp³-hybridized carbons (Fsp3) is 0.562. The van der Waals surface area contributed by atoms with Crippen molar-refractivity contribution in [2.75, 3.05) is 6.61 Å². The third-order valence-corrected chi connectivity index (χ3v) is 4.65. The van der Waals surface area contributed by atoms with Gasteiger partial charge in [0.25, 0.3) is 0 Å². The van der Waals surface area contributed by atoms with Gasteiger partial charge in [-0.15, -0.1) is 0 Å². The molecular formula is C16H21BO4. The molecule has 0 amide bonds. The molecule has 112 valence electrons. The van der Waals surface area contributed by atoms with Crippen LogP contribution in [0.4, 0.5) is 0 Å². The van der Waals surface area contributed by atoms with Crippen molar-refractivity contribution in [3.63, 3.8) is 0 Å². The van der Waals surface area contributed by atoms with Gasteiger partial charge in [-0.25, -0.2) is 0 Å². The highest BCUT2D eigenvalue weighted by molar-refractivity contribution is 6.63.